The van der Waals surface area contributed by atoms with E-state index in [0.717, 1.165) is 9.92 Å². The summed E-state index contributed by atoms with van der Waals surface area (Å²) in [5, 5.41) is 0.788. The number of carbonyl (C=O) groups excluding carboxylic acids is 1. The van der Waals surface area contributed by atoms with E-state index in [9.17, 15) is 4.79 Å². The van der Waals surface area contributed by atoms with Gasteiger partial charge in [-0.25, -0.2) is 9.97 Å². The van der Waals surface area contributed by atoms with E-state index in [1.807, 2.05) is 0 Å². The molecule has 0 fully saturated rings. The fraction of sp³-hybridized carbons (Fsp3) is 0.154. The monoisotopic (exact) mass is 274 g/mol. The van der Waals surface area contributed by atoms with Gasteiger partial charge < -0.3 is 10.6 Å². The quantitative estimate of drug-likeness (QED) is 0.683. The molecule has 5 nitrogen and oxygen atoms in total. The average molecular weight is 274 g/mol. The predicted molar refractivity (Wildman–Crippen MR) is 75.0 cm³/mol. The van der Waals surface area contributed by atoms with Crippen LogP contribution in [0.2, 0.25) is 0 Å². The van der Waals surface area contributed by atoms with Gasteiger partial charge in [-0.2, -0.15) is 0 Å². The number of nitrogens with zero attached hydrogens (tertiary/aromatic N) is 3. The molecule has 0 atom stereocenters. The molecule has 0 aliphatic rings. The van der Waals surface area contributed by atoms with Gasteiger partial charge in [0.15, 0.2) is 0 Å². The number of nitrogens with two attached hydrogens (primary N) is 1. The minimum atomic E-state index is -0.0514. The molecule has 0 unspecified atom stereocenters. The maximum absolute atomic E-state index is 11.9. The van der Waals surface area contributed by atoms with E-state index in [4.69, 9.17) is 5.73 Å². The first-order valence-electron chi connectivity index (χ1n) is 5.63. The van der Waals surface area contributed by atoms with Crippen LogP contribution in [0.4, 0.5) is 5.69 Å². The predicted octanol–water partition coefficient (Wildman–Crippen LogP) is 1.91. The number of aromatic nitrogens is 2. The van der Waals surface area contributed by atoms with Crippen molar-refractivity contribution in [3.8, 4) is 0 Å². The van der Waals surface area contributed by atoms with Gasteiger partial charge in [-0.3, -0.25) is 4.79 Å². The summed E-state index contributed by atoms with van der Waals surface area (Å²) in [7, 11) is 3.44. The van der Waals surface area contributed by atoms with Gasteiger partial charge in [0.25, 0.3) is 5.91 Å². The molecule has 1 aromatic carbocycles. The van der Waals surface area contributed by atoms with E-state index < -0.39 is 0 Å². The zero-order valence-corrected chi connectivity index (χ0v) is 11.5. The molecule has 0 aliphatic heterocycles. The van der Waals surface area contributed by atoms with Crippen LogP contribution in [0.3, 0.4) is 0 Å². The molecule has 2 N–H and O–H groups in total. The minimum absolute atomic E-state index is 0.0514. The zero-order valence-electron chi connectivity index (χ0n) is 10.7. The largest absolute Gasteiger partial charge is 0.398 e. The van der Waals surface area contributed by atoms with Gasteiger partial charge in [0, 0.05) is 36.4 Å². The van der Waals surface area contributed by atoms with Gasteiger partial charge in [-0.1, -0.05) is 11.8 Å². The van der Waals surface area contributed by atoms with E-state index >= 15 is 0 Å². The fourth-order valence-corrected chi connectivity index (χ4v) is 2.29. The molecule has 0 aliphatic carbocycles. The topological polar surface area (TPSA) is 72.1 Å². The molecule has 6 heteroatoms. The van der Waals surface area contributed by atoms with Crippen molar-refractivity contribution < 1.29 is 4.79 Å². The lowest BCUT2D eigenvalue weighted by atomic mass is 10.2. The van der Waals surface area contributed by atoms with Crippen LogP contribution in [0, 0.1) is 0 Å². The van der Waals surface area contributed by atoms with Crippen LogP contribution in [0.25, 0.3) is 0 Å². The number of carbonyl (C=O) groups is 1. The highest BCUT2D eigenvalue weighted by Gasteiger charge is 2.11. The number of hydrogen-bond acceptors (Lipinski definition) is 5. The molecule has 19 heavy (non-hydrogen) atoms. The van der Waals surface area contributed by atoms with Gasteiger partial charge in [0.2, 0.25) is 0 Å². The van der Waals surface area contributed by atoms with Crippen molar-refractivity contribution in [2.24, 2.45) is 0 Å². The van der Waals surface area contributed by atoms with Crippen LogP contribution in [0.15, 0.2) is 46.7 Å². The van der Waals surface area contributed by atoms with E-state index in [-0.39, 0.29) is 5.91 Å². The molecule has 1 amide bonds. The van der Waals surface area contributed by atoms with Crippen LogP contribution in [0.5, 0.6) is 0 Å². The van der Waals surface area contributed by atoms with Crippen LogP contribution < -0.4 is 5.73 Å². The van der Waals surface area contributed by atoms with Crippen molar-refractivity contribution in [1.29, 1.82) is 0 Å². The Hall–Kier alpha value is -2.08. The fourth-order valence-electron chi connectivity index (χ4n) is 1.47. The lowest BCUT2D eigenvalue weighted by molar-refractivity contribution is 0.0827. The minimum Gasteiger partial charge on any atom is -0.398 e. The molecular weight excluding hydrogens is 260 g/mol. The standard InChI is InChI=1S/C13H14N4OS/c1-17(2)13(18)9-3-4-10(14)11(7-9)19-12-5-6-15-8-16-12/h3-8H,14H2,1-2H3. The molecule has 1 heterocycles. The second-order valence-electron chi connectivity index (χ2n) is 4.10. The third kappa shape index (κ3) is 3.23. The molecule has 0 saturated carbocycles. The average Bonchev–Trinajstić information content (AvgIpc) is 2.41. The summed E-state index contributed by atoms with van der Waals surface area (Å²) in [5.74, 6) is -0.0514. The van der Waals surface area contributed by atoms with Crippen molar-refractivity contribution in [1.82, 2.24) is 14.9 Å². The lowest BCUT2D eigenvalue weighted by Gasteiger charge is -2.12. The van der Waals surface area contributed by atoms with Crippen molar-refractivity contribution in [3.63, 3.8) is 0 Å². The third-order valence-corrected chi connectivity index (χ3v) is 3.46. The molecule has 1 aromatic heterocycles. The first kappa shape index (κ1) is 13.4. The third-order valence-electron chi connectivity index (χ3n) is 2.44. The van der Waals surface area contributed by atoms with Gasteiger partial charge in [0.1, 0.15) is 11.4 Å². The molecule has 2 aromatic rings. The van der Waals surface area contributed by atoms with Crippen molar-refractivity contribution in [2.75, 3.05) is 19.8 Å². The molecule has 98 valence electrons. The second kappa shape index (κ2) is 5.71. The number of anilines is 1. The molecular formula is C13H14N4OS. The Labute approximate surface area is 115 Å². The van der Waals surface area contributed by atoms with E-state index in [0.29, 0.717) is 11.3 Å². The zero-order chi connectivity index (χ0) is 13.8. The summed E-state index contributed by atoms with van der Waals surface area (Å²) >= 11 is 1.41. The van der Waals surface area contributed by atoms with Gasteiger partial charge in [0.05, 0.1) is 0 Å². The highest BCUT2D eigenvalue weighted by molar-refractivity contribution is 7.99. The van der Waals surface area contributed by atoms with Crippen molar-refractivity contribution >= 4 is 23.4 Å². The Morgan fingerprint density at radius 1 is 1.32 bits per heavy atom. The number of hydrogen-bond donors (Lipinski definition) is 1. The maximum Gasteiger partial charge on any atom is 0.253 e. The summed E-state index contributed by atoms with van der Waals surface area (Å²) in [6, 6.07) is 7.04. The summed E-state index contributed by atoms with van der Waals surface area (Å²) in [6.07, 6.45) is 3.15. The Morgan fingerprint density at radius 2 is 2.11 bits per heavy atom. The normalized spacial score (nSPS) is 10.2. The van der Waals surface area contributed by atoms with Gasteiger partial charge in [-0.05, 0) is 24.3 Å². The SMILES string of the molecule is CN(C)C(=O)c1ccc(N)c(Sc2ccncn2)c1. The smallest absolute Gasteiger partial charge is 0.253 e. The second-order valence-corrected chi connectivity index (χ2v) is 5.16. The number of amides is 1. The number of benzene rings is 1. The maximum atomic E-state index is 11.9. The molecule has 2 rings (SSSR count). The summed E-state index contributed by atoms with van der Waals surface area (Å²) in [5.41, 5.74) is 7.16. The Morgan fingerprint density at radius 3 is 2.74 bits per heavy atom. The molecule has 0 radical (unpaired) electrons. The molecule has 0 bridgehead atoms. The highest BCUT2D eigenvalue weighted by Crippen LogP contribution is 2.31. The molecule has 0 saturated heterocycles. The van der Waals surface area contributed by atoms with Gasteiger partial charge in [-0.15, -0.1) is 0 Å². The van der Waals surface area contributed by atoms with E-state index in [1.165, 1.54) is 23.0 Å². The Bertz CT molecular complexity index is 586. The summed E-state index contributed by atoms with van der Waals surface area (Å²) in [4.78, 5) is 22.2. The van der Waals surface area contributed by atoms with Crippen LogP contribution in [-0.2, 0) is 0 Å². The van der Waals surface area contributed by atoms with Crippen molar-refractivity contribution in [3.05, 3.63) is 42.4 Å². The number of nitrogen functional groups attached to an aromatic ring is 1. The van der Waals surface area contributed by atoms with Crippen LogP contribution in [-0.4, -0.2) is 34.9 Å². The number of rotatable bonds is 3. The molecule has 0 spiro atoms. The summed E-state index contributed by atoms with van der Waals surface area (Å²) in [6.45, 7) is 0. The van der Waals surface area contributed by atoms with Crippen LogP contribution in [0.1, 0.15) is 10.4 Å². The highest BCUT2D eigenvalue weighted by atomic mass is 32.2. The lowest BCUT2D eigenvalue weighted by Crippen LogP contribution is -2.21. The Kier molecular flexibility index (Phi) is 4.01. The van der Waals surface area contributed by atoms with Crippen LogP contribution >= 0.6 is 11.8 Å². The summed E-state index contributed by atoms with van der Waals surface area (Å²) < 4.78 is 0. The van der Waals surface area contributed by atoms with Gasteiger partial charge >= 0.3 is 0 Å². The van der Waals surface area contributed by atoms with Crippen molar-refractivity contribution in [2.45, 2.75) is 9.92 Å². The first-order chi connectivity index (χ1) is 9.08. The van der Waals surface area contributed by atoms with E-state index in [1.54, 1.807) is 44.6 Å². The first-order valence-corrected chi connectivity index (χ1v) is 6.44. The Balaban J connectivity index is 2.30. The van der Waals surface area contributed by atoms with E-state index in [2.05, 4.69) is 9.97 Å².